The Morgan fingerprint density at radius 3 is 2.10 bits per heavy atom. The molecule has 5 N–H and O–H groups in total. The second-order valence-electron chi connectivity index (χ2n) is 17.8. The molecular weight excluding hydrogens is 660 g/mol. The van der Waals surface area contributed by atoms with Crippen LogP contribution in [0, 0.1) is 22.7 Å². The van der Waals surface area contributed by atoms with Gasteiger partial charge in [-0.25, -0.2) is 0 Å². The van der Waals surface area contributed by atoms with Crippen molar-refractivity contribution in [2.24, 2.45) is 22.7 Å². The third kappa shape index (κ3) is 13.6. The lowest BCUT2D eigenvalue weighted by atomic mass is 9.45. The minimum Gasteiger partial charge on any atom is -0.461 e. The van der Waals surface area contributed by atoms with Gasteiger partial charge in [0, 0.05) is 0 Å². The highest BCUT2D eigenvalue weighted by Crippen LogP contribution is 2.64. The molecule has 304 valence electrons. The second-order valence-corrected chi connectivity index (χ2v) is 17.8. The molecule has 1 saturated heterocycles. The maximum absolute atomic E-state index is 12.5. The van der Waals surface area contributed by atoms with Crippen LogP contribution in [0.25, 0.3) is 0 Å². The number of esters is 1. The third-order valence-corrected chi connectivity index (χ3v) is 13.2. The summed E-state index contributed by atoms with van der Waals surface area (Å²) < 4.78 is 17.8. The van der Waals surface area contributed by atoms with Crippen LogP contribution in [-0.4, -0.2) is 87.6 Å². The molecule has 1 heterocycles. The van der Waals surface area contributed by atoms with Crippen LogP contribution in [-0.2, 0) is 19.0 Å². The number of hydrogen-bond donors (Lipinski definition) is 5. The third-order valence-electron chi connectivity index (χ3n) is 13.2. The Bertz CT molecular complexity index is 1050. The molecule has 2 aliphatic carbocycles. The van der Waals surface area contributed by atoms with Gasteiger partial charge in [0.05, 0.1) is 31.3 Å². The molecule has 3 fully saturated rings. The van der Waals surface area contributed by atoms with Gasteiger partial charge in [0.25, 0.3) is 0 Å². The highest BCUT2D eigenvalue weighted by molar-refractivity contribution is 5.70. The number of rotatable bonds is 24. The molecule has 0 radical (unpaired) electrons. The van der Waals surface area contributed by atoms with Crippen LogP contribution in [0.15, 0.2) is 11.6 Å². The molecule has 0 bridgehead atoms. The van der Waals surface area contributed by atoms with E-state index < -0.39 is 42.3 Å². The molecule has 0 aromatic heterocycles. The van der Waals surface area contributed by atoms with E-state index in [1.165, 1.54) is 77.0 Å². The normalized spacial score (nSPS) is 32.7. The zero-order valence-corrected chi connectivity index (χ0v) is 33.7. The van der Waals surface area contributed by atoms with Crippen LogP contribution in [0.5, 0.6) is 0 Å². The summed E-state index contributed by atoms with van der Waals surface area (Å²) in [5.41, 5.74) is 0.247. The van der Waals surface area contributed by atoms with E-state index in [-0.39, 0.29) is 43.0 Å². The van der Waals surface area contributed by atoms with Crippen molar-refractivity contribution >= 4 is 5.97 Å². The monoisotopic (exact) mass is 739 g/mol. The van der Waals surface area contributed by atoms with Crippen molar-refractivity contribution in [1.82, 2.24) is 0 Å². The second kappa shape index (κ2) is 22.5. The van der Waals surface area contributed by atoms with Gasteiger partial charge in [0.1, 0.15) is 24.9 Å². The Morgan fingerprint density at radius 2 is 1.48 bits per heavy atom. The Hall–Kier alpha value is -1.07. The fraction of sp³-hybridized carbons (Fsp3) is 0.930. The molecule has 3 rings (SSSR count). The van der Waals surface area contributed by atoms with Gasteiger partial charge >= 0.3 is 5.97 Å². The van der Waals surface area contributed by atoms with Gasteiger partial charge in [-0.1, -0.05) is 118 Å². The number of carbonyl (C=O) groups excluding carboxylic acids is 1. The summed E-state index contributed by atoms with van der Waals surface area (Å²) in [5, 5.41) is 51.8. The summed E-state index contributed by atoms with van der Waals surface area (Å²) >= 11 is 0. The van der Waals surface area contributed by atoms with Crippen LogP contribution >= 0.6 is 0 Å². The fourth-order valence-corrected chi connectivity index (χ4v) is 10.1. The predicted molar refractivity (Wildman–Crippen MR) is 206 cm³/mol. The van der Waals surface area contributed by atoms with Gasteiger partial charge < -0.3 is 39.7 Å². The van der Waals surface area contributed by atoms with E-state index in [4.69, 9.17) is 14.2 Å². The van der Waals surface area contributed by atoms with Gasteiger partial charge in [0.2, 0.25) is 0 Å². The standard InChI is InChI=1S/C43H78O9/c1-6-7-8-9-10-11-12-13-14-15-16-17-18-20-33(45)29-37(47)50-28-24-32(30-44)21-22-36-42(4)26-19-25-41(2,3)35(42)23-27-43(36,5)52-40-39(49)38(48)34(46)31-51-40/h24,33-36,38-40,44-46,48-49H,6-23,25-31H2,1-5H3/b32-24-/t33-,34+,35+,36-,38+,39-,40+,42+,43-/m1/s1. The molecule has 0 amide bonds. The molecule has 52 heavy (non-hydrogen) atoms. The first-order valence-corrected chi connectivity index (χ1v) is 21.2. The molecule has 0 unspecified atom stereocenters. The Kier molecular flexibility index (Phi) is 19.6. The number of aliphatic hydroxyl groups is 5. The van der Waals surface area contributed by atoms with Crippen molar-refractivity contribution in [1.29, 1.82) is 0 Å². The number of fused-ring (bicyclic) bond motifs is 1. The number of aliphatic hydroxyl groups excluding tert-OH is 5. The maximum atomic E-state index is 12.5. The summed E-state index contributed by atoms with van der Waals surface area (Å²) in [6, 6.07) is 0. The van der Waals surface area contributed by atoms with Crippen molar-refractivity contribution in [3.8, 4) is 0 Å². The van der Waals surface area contributed by atoms with Gasteiger partial charge in [-0.2, -0.15) is 0 Å². The predicted octanol–water partition coefficient (Wildman–Crippen LogP) is 7.92. The Balaban J connectivity index is 1.44. The van der Waals surface area contributed by atoms with E-state index in [1.54, 1.807) is 6.08 Å². The van der Waals surface area contributed by atoms with Crippen molar-refractivity contribution < 1.29 is 44.5 Å². The number of carbonyl (C=O) groups is 1. The van der Waals surface area contributed by atoms with Crippen molar-refractivity contribution in [2.75, 3.05) is 19.8 Å². The lowest BCUT2D eigenvalue weighted by Crippen LogP contribution is -2.62. The molecule has 9 nitrogen and oxygen atoms in total. The lowest BCUT2D eigenvalue weighted by Gasteiger charge is -2.63. The van der Waals surface area contributed by atoms with E-state index in [2.05, 4.69) is 34.6 Å². The molecule has 1 aliphatic heterocycles. The first-order chi connectivity index (χ1) is 24.8. The van der Waals surface area contributed by atoms with Crippen LogP contribution in [0.4, 0.5) is 0 Å². The summed E-state index contributed by atoms with van der Waals surface area (Å²) in [7, 11) is 0. The molecule has 9 atom stereocenters. The zero-order valence-electron chi connectivity index (χ0n) is 33.7. The van der Waals surface area contributed by atoms with Crippen molar-refractivity contribution in [2.45, 2.75) is 212 Å². The summed E-state index contributed by atoms with van der Waals surface area (Å²) in [6.07, 6.45) is 19.7. The van der Waals surface area contributed by atoms with E-state index in [9.17, 15) is 30.3 Å². The van der Waals surface area contributed by atoms with Crippen LogP contribution in [0.2, 0.25) is 0 Å². The molecule has 9 heteroatoms. The molecular formula is C43H78O9. The maximum Gasteiger partial charge on any atom is 0.308 e. The number of unbranched alkanes of at least 4 members (excludes halogenated alkanes) is 12. The van der Waals surface area contributed by atoms with Gasteiger partial charge in [-0.05, 0) is 86.2 Å². The number of ether oxygens (including phenoxy) is 3. The first-order valence-electron chi connectivity index (χ1n) is 21.2. The van der Waals surface area contributed by atoms with E-state index in [0.717, 1.165) is 50.5 Å². The SMILES string of the molecule is CCCCCCCCCCCCCCC[C@@H](O)CC(=O)OC/C=C(\CO)CC[C@@H]1[C@@]2(C)CCCC(C)(C)[C@@H]2CC[C@@]1(C)O[C@@H]1OC[C@H](O)[C@H](O)[C@H]1O. The summed E-state index contributed by atoms with van der Waals surface area (Å²) in [4.78, 5) is 12.5. The summed E-state index contributed by atoms with van der Waals surface area (Å²) in [5.74, 6) is 0.117. The number of hydrogen-bond acceptors (Lipinski definition) is 9. The highest BCUT2D eigenvalue weighted by Gasteiger charge is 2.59. The fourth-order valence-electron chi connectivity index (χ4n) is 10.1. The van der Waals surface area contributed by atoms with Crippen molar-refractivity contribution in [3.05, 3.63) is 11.6 Å². The Morgan fingerprint density at radius 1 is 0.865 bits per heavy atom. The largest absolute Gasteiger partial charge is 0.461 e. The van der Waals surface area contributed by atoms with Crippen LogP contribution < -0.4 is 0 Å². The van der Waals surface area contributed by atoms with Gasteiger partial charge in [0.15, 0.2) is 6.29 Å². The molecule has 0 spiro atoms. The van der Waals surface area contributed by atoms with E-state index in [1.807, 2.05) is 0 Å². The highest BCUT2D eigenvalue weighted by atomic mass is 16.7. The van der Waals surface area contributed by atoms with E-state index in [0.29, 0.717) is 18.8 Å². The lowest BCUT2D eigenvalue weighted by molar-refractivity contribution is -0.323. The summed E-state index contributed by atoms with van der Waals surface area (Å²) in [6.45, 7) is 11.2. The van der Waals surface area contributed by atoms with Gasteiger partial charge in [-0.3, -0.25) is 4.79 Å². The van der Waals surface area contributed by atoms with E-state index >= 15 is 0 Å². The average molecular weight is 739 g/mol. The van der Waals surface area contributed by atoms with Crippen molar-refractivity contribution in [3.63, 3.8) is 0 Å². The molecule has 0 aromatic carbocycles. The molecule has 0 aromatic rings. The van der Waals surface area contributed by atoms with Gasteiger partial charge in [-0.15, -0.1) is 0 Å². The Labute approximate surface area is 316 Å². The van der Waals surface area contributed by atoms with Crippen LogP contribution in [0.3, 0.4) is 0 Å². The average Bonchev–Trinajstić information content (AvgIpc) is 3.09. The topological polar surface area (TPSA) is 146 Å². The molecule has 2 saturated carbocycles. The first kappa shape index (κ1) is 45.3. The zero-order chi connectivity index (χ0) is 38.2. The smallest absolute Gasteiger partial charge is 0.308 e. The molecule has 3 aliphatic rings. The quantitative estimate of drug-likeness (QED) is 0.0289. The minimum absolute atomic E-state index is 0.0192. The van der Waals surface area contributed by atoms with Crippen LogP contribution in [0.1, 0.15) is 176 Å². The minimum atomic E-state index is -1.36.